The first-order chi connectivity index (χ1) is 6.69. The van der Waals surface area contributed by atoms with Gasteiger partial charge in [-0.25, -0.2) is 0 Å². The molecule has 0 aromatic rings. The molecule has 0 aromatic carbocycles. The lowest BCUT2D eigenvalue weighted by Gasteiger charge is -2.25. The van der Waals surface area contributed by atoms with Crippen molar-refractivity contribution in [2.24, 2.45) is 11.8 Å². The third kappa shape index (κ3) is 2.50. The van der Waals surface area contributed by atoms with Gasteiger partial charge < -0.3 is 9.39 Å². The number of hydrogen-bond acceptors (Lipinski definition) is 4. The number of rotatable bonds is 2. The molecular weight excluding hydrogens is 183 g/mol. The van der Waals surface area contributed by atoms with Gasteiger partial charge in [-0.2, -0.15) is 0 Å². The summed E-state index contributed by atoms with van der Waals surface area (Å²) in [7, 11) is 6.16. The normalized spacial score (nSPS) is 26.6. The van der Waals surface area contributed by atoms with Crippen LogP contribution in [0.2, 0.25) is 0 Å². The zero-order chi connectivity index (χ0) is 10.6. The summed E-state index contributed by atoms with van der Waals surface area (Å²) < 4.78 is 8.79. The summed E-state index contributed by atoms with van der Waals surface area (Å²) >= 11 is 0. The SMILES string of the molecule is [B]OC(=O)C1CCC(C(=O)OC)CC1. The van der Waals surface area contributed by atoms with Gasteiger partial charge in [0.05, 0.1) is 18.9 Å². The van der Waals surface area contributed by atoms with E-state index in [0.29, 0.717) is 25.7 Å². The number of hydrogen-bond donors (Lipinski definition) is 0. The van der Waals surface area contributed by atoms with E-state index in [2.05, 4.69) is 9.39 Å². The lowest BCUT2D eigenvalue weighted by Crippen LogP contribution is -2.27. The molecule has 0 atom stereocenters. The zero-order valence-corrected chi connectivity index (χ0v) is 8.19. The Morgan fingerprint density at radius 1 is 1.07 bits per heavy atom. The second-order valence-corrected chi connectivity index (χ2v) is 3.51. The monoisotopic (exact) mass is 196 g/mol. The summed E-state index contributed by atoms with van der Waals surface area (Å²) in [5.74, 6) is -0.791. The van der Waals surface area contributed by atoms with E-state index in [1.54, 1.807) is 0 Å². The Morgan fingerprint density at radius 2 is 1.50 bits per heavy atom. The van der Waals surface area contributed by atoms with Crippen molar-refractivity contribution in [2.75, 3.05) is 7.11 Å². The van der Waals surface area contributed by atoms with Gasteiger partial charge in [0.25, 0.3) is 5.97 Å². The number of carbonyl (C=O) groups is 2. The van der Waals surface area contributed by atoms with Crippen LogP contribution in [0.4, 0.5) is 0 Å². The van der Waals surface area contributed by atoms with Crippen LogP contribution in [0.3, 0.4) is 0 Å². The highest BCUT2D eigenvalue weighted by Crippen LogP contribution is 2.29. The molecule has 1 aliphatic rings. The lowest BCUT2D eigenvalue weighted by molar-refractivity contribution is -0.149. The van der Waals surface area contributed by atoms with Crippen molar-refractivity contribution in [3.63, 3.8) is 0 Å². The first kappa shape index (κ1) is 11.1. The molecule has 0 unspecified atom stereocenters. The first-order valence-corrected chi connectivity index (χ1v) is 4.67. The van der Waals surface area contributed by atoms with E-state index in [9.17, 15) is 9.59 Å². The standard InChI is InChI=1S/C9H13BO4/c1-13-8(11)6-2-4-7(5-3-6)9(12)14-10/h6-7H,2-5H2,1H3. The fourth-order valence-electron chi connectivity index (χ4n) is 1.83. The van der Waals surface area contributed by atoms with Crippen LogP contribution in [0.15, 0.2) is 0 Å². The summed E-state index contributed by atoms with van der Waals surface area (Å²) in [5, 5.41) is 0. The van der Waals surface area contributed by atoms with Gasteiger partial charge in [-0.05, 0) is 25.7 Å². The average molecular weight is 196 g/mol. The molecule has 4 nitrogen and oxygen atoms in total. The van der Waals surface area contributed by atoms with E-state index in [0.717, 1.165) is 0 Å². The van der Waals surface area contributed by atoms with Crippen molar-refractivity contribution in [1.82, 2.24) is 0 Å². The quantitative estimate of drug-likeness (QED) is 0.479. The number of ether oxygens (including phenoxy) is 1. The molecule has 1 fully saturated rings. The Bertz CT molecular complexity index is 197. The van der Waals surface area contributed by atoms with Crippen LogP contribution in [0, 0.1) is 11.8 Å². The van der Waals surface area contributed by atoms with Crippen LogP contribution >= 0.6 is 0 Å². The second kappa shape index (κ2) is 5.03. The largest absolute Gasteiger partial charge is 0.543 e. The van der Waals surface area contributed by atoms with Gasteiger partial charge >= 0.3 is 14.0 Å². The molecule has 0 N–H and O–H groups in total. The molecule has 1 aliphatic carbocycles. The predicted molar refractivity (Wildman–Crippen MR) is 49.3 cm³/mol. The lowest BCUT2D eigenvalue weighted by atomic mass is 9.82. The van der Waals surface area contributed by atoms with E-state index in [4.69, 9.17) is 8.05 Å². The summed E-state index contributed by atoms with van der Waals surface area (Å²) in [6.07, 6.45) is 2.64. The van der Waals surface area contributed by atoms with Crippen LogP contribution in [0.5, 0.6) is 0 Å². The van der Waals surface area contributed by atoms with Crippen molar-refractivity contribution < 1.29 is 19.0 Å². The Hall–Kier alpha value is -0.995. The molecule has 0 bridgehead atoms. The van der Waals surface area contributed by atoms with E-state index in [-0.39, 0.29) is 23.8 Å². The minimum Gasteiger partial charge on any atom is -0.543 e. The summed E-state index contributed by atoms with van der Waals surface area (Å²) in [6, 6.07) is 0. The van der Waals surface area contributed by atoms with E-state index < -0.39 is 0 Å². The van der Waals surface area contributed by atoms with Crippen molar-refractivity contribution in [1.29, 1.82) is 0 Å². The Morgan fingerprint density at radius 3 is 1.86 bits per heavy atom. The molecule has 1 saturated carbocycles. The smallest absolute Gasteiger partial charge is 0.378 e. The molecule has 0 aromatic heterocycles. The van der Waals surface area contributed by atoms with Crippen molar-refractivity contribution >= 4 is 20.0 Å². The number of esters is 1. The van der Waals surface area contributed by atoms with E-state index in [1.165, 1.54) is 7.11 Å². The van der Waals surface area contributed by atoms with Crippen LogP contribution in [-0.4, -0.2) is 27.1 Å². The number of methoxy groups -OCH3 is 1. The van der Waals surface area contributed by atoms with Crippen LogP contribution in [0.1, 0.15) is 25.7 Å². The third-order valence-electron chi connectivity index (χ3n) is 2.71. The number of carbonyl (C=O) groups excluding carboxylic acids is 2. The Kier molecular flexibility index (Phi) is 3.98. The van der Waals surface area contributed by atoms with E-state index in [1.807, 2.05) is 0 Å². The highest BCUT2D eigenvalue weighted by molar-refractivity contribution is 6.05. The molecule has 14 heavy (non-hydrogen) atoms. The molecule has 5 heteroatoms. The maximum atomic E-state index is 11.1. The fourth-order valence-corrected chi connectivity index (χ4v) is 1.83. The summed E-state index contributed by atoms with van der Waals surface area (Å²) in [4.78, 5) is 22.2. The molecule has 1 rings (SSSR count). The van der Waals surface area contributed by atoms with Crippen LogP contribution in [0.25, 0.3) is 0 Å². The Balaban J connectivity index is 2.38. The van der Waals surface area contributed by atoms with Gasteiger partial charge in [-0.3, -0.25) is 9.59 Å². The molecule has 0 saturated heterocycles. The van der Waals surface area contributed by atoms with Gasteiger partial charge in [0, 0.05) is 0 Å². The molecule has 0 aliphatic heterocycles. The van der Waals surface area contributed by atoms with Gasteiger partial charge in [0.1, 0.15) is 0 Å². The highest BCUT2D eigenvalue weighted by atomic mass is 16.5. The molecule has 0 amide bonds. The summed E-state index contributed by atoms with van der Waals surface area (Å²) in [5.41, 5.74) is 0. The maximum absolute atomic E-state index is 11.1. The molecular formula is C9H13BO4. The molecule has 2 radical (unpaired) electrons. The minimum absolute atomic E-state index is 0.0678. The van der Waals surface area contributed by atoms with Crippen LogP contribution < -0.4 is 0 Å². The van der Waals surface area contributed by atoms with Gasteiger partial charge in [0.2, 0.25) is 0 Å². The highest BCUT2D eigenvalue weighted by Gasteiger charge is 2.30. The maximum Gasteiger partial charge on any atom is 0.378 e. The average Bonchev–Trinajstić information content (AvgIpc) is 2.27. The van der Waals surface area contributed by atoms with Gasteiger partial charge in [-0.1, -0.05) is 0 Å². The summed E-state index contributed by atoms with van der Waals surface area (Å²) in [6.45, 7) is 0. The molecule has 0 heterocycles. The minimum atomic E-state index is -0.381. The zero-order valence-electron chi connectivity index (χ0n) is 8.19. The van der Waals surface area contributed by atoms with Gasteiger partial charge in [0.15, 0.2) is 0 Å². The first-order valence-electron chi connectivity index (χ1n) is 4.67. The van der Waals surface area contributed by atoms with Crippen molar-refractivity contribution in [3.05, 3.63) is 0 Å². The third-order valence-corrected chi connectivity index (χ3v) is 2.71. The van der Waals surface area contributed by atoms with Crippen molar-refractivity contribution in [3.8, 4) is 0 Å². The van der Waals surface area contributed by atoms with Gasteiger partial charge in [-0.15, -0.1) is 0 Å². The topological polar surface area (TPSA) is 52.6 Å². The van der Waals surface area contributed by atoms with Crippen molar-refractivity contribution in [2.45, 2.75) is 25.7 Å². The second-order valence-electron chi connectivity index (χ2n) is 3.51. The predicted octanol–water partition coefficient (Wildman–Crippen LogP) is 0.592. The molecule has 0 spiro atoms. The van der Waals surface area contributed by atoms with Crippen LogP contribution in [-0.2, 0) is 19.0 Å². The Labute approximate surface area is 84.4 Å². The molecule has 76 valence electrons. The fraction of sp³-hybridized carbons (Fsp3) is 0.778. The van der Waals surface area contributed by atoms with E-state index >= 15 is 0 Å².